The van der Waals surface area contributed by atoms with E-state index in [0.717, 1.165) is 24.2 Å². The molecule has 4 nitrogen and oxygen atoms in total. The van der Waals surface area contributed by atoms with Crippen LogP contribution < -0.4 is 10.1 Å². The quantitative estimate of drug-likeness (QED) is 0.887. The van der Waals surface area contributed by atoms with Gasteiger partial charge >= 0.3 is 0 Å². The molecule has 0 bridgehead atoms. The maximum atomic E-state index is 12.0. The highest BCUT2D eigenvalue weighted by atomic mass is 16.5. The Morgan fingerprint density at radius 2 is 2.10 bits per heavy atom. The maximum absolute atomic E-state index is 12.0. The molecule has 0 atom stereocenters. The van der Waals surface area contributed by atoms with Crippen LogP contribution >= 0.6 is 0 Å². The molecule has 21 heavy (non-hydrogen) atoms. The molecular weight excluding hydrogens is 264 g/mol. The van der Waals surface area contributed by atoms with Crippen LogP contribution in [-0.4, -0.2) is 18.0 Å². The molecule has 0 spiro atoms. The normalized spacial score (nSPS) is 10.2. The van der Waals surface area contributed by atoms with Crippen molar-refractivity contribution >= 4 is 5.91 Å². The average molecular weight is 284 g/mol. The van der Waals surface area contributed by atoms with E-state index in [1.54, 1.807) is 31.5 Å². The van der Waals surface area contributed by atoms with Crippen molar-refractivity contribution in [3.8, 4) is 5.75 Å². The molecule has 0 saturated carbocycles. The van der Waals surface area contributed by atoms with Gasteiger partial charge in [0.2, 0.25) is 0 Å². The van der Waals surface area contributed by atoms with Gasteiger partial charge in [-0.25, -0.2) is 0 Å². The molecule has 0 aliphatic heterocycles. The minimum Gasteiger partial charge on any atom is -0.497 e. The van der Waals surface area contributed by atoms with Crippen molar-refractivity contribution < 1.29 is 9.53 Å². The van der Waals surface area contributed by atoms with E-state index in [0.29, 0.717) is 12.2 Å². The standard InChI is InChI=1S/C17H20N2O2/c1-3-6-13-8-9-15(21-2)11-14(13)12-19-17(20)16-7-4-5-10-18-16/h4-5,7-11H,3,6,12H2,1-2H3,(H,19,20). The van der Waals surface area contributed by atoms with E-state index in [-0.39, 0.29) is 5.91 Å². The number of aryl methyl sites for hydroxylation is 1. The van der Waals surface area contributed by atoms with Crippen LogP contribution in [0, 0.1) is 0 Å². The zero-order valence-corrected chi connectivity index (χ0v) is 12.4. The van der Waals surface area contributed by atoms with Gasteiger partial charge in [-0.15, -0.1) is 0 Å². The summed E-state index contributed by atoms with van der Waals surface area (Å²) in [7, 11) is 1.64. The molecule has 1 N–H and O–H groups in total. The van der Waals surface area contributed by atoms with E-state index in [4.69, 9.17) is 4.74 Å². The average Bonchev–Trinajstić information content (AvgIpc) is 2.54. The summed E-state index contributed by atoms with van der Waals surface area (Å²) < 4.78 is 5.25. The lowest BCUT2D eigenvalue weighted by Crippen LogP contribution is -2.24. The Balaban J connectivity index is 2.09. The Morgan fingerprint density at radius 3 is 2.76 bits per heavy atom. The van der Waals surface area contributed by atoms with Crippen LogP contribution in [-0.2, 0) is 13.0 Å². The zero-order chi connectivity index (χ0) is 15.1. The number of rotatable bonds is 6. The molecular formula is C17H20N2O2. The highest BCUT2D eigenvalue weighted by Crippen LogP contribution is 2.19. The number of carbonyl (C=O) groups excluding carboxylic acids is 1. The second kappa shape index (κ2) is 7.43. The maximum Gasteiger partial charge on any atom is 0.270 e. The third-order valence-electron chi connectivity index (χ3n) is 3.27. The Kier molecular flexibility index (Phi) is 5.32. The van der Waals surface area contributed by atoms with Crippen molar-refractivity contribution in [2.45, 2.75) is 26.3 Å². The Morgan fingerprint density at radius 1 is 1.24 bits per heavy atom. The summed E-state index contributed by atoms with van der Waals surface area (Å²) in [4.78, 5) is 16.1. The summed E-state index contributed by atoms with van der Waals surface area (Å²) in [6.07, 6.45) is 3.66. The zero-order valence-electron chi connectivity index (χ0n) is 12.4. The van der Waals surface area contributed by atoms with Crippen molar-refractivity contribution in [3.05, 3.63) is 59.4 Å². The van der Waals surface area contributed by atoms with Gasteiger partial charge in [0.25, 0.3) is 5.91 Å². The highest BCUT2D eigenvalue weighted by molar-refractivity contribution is 5.92. The number of amides is 1. The number of ether oxygens (including phenoxy) is 1. The van der Waals surface area contributed by atoms with Gasteiger partial charge < -0.3 is 10.1 Å². The van der Waals surface area contributed by atoms with Gasteiger partial charge in [0.15, 0.2) is 0 Å². The summed E-state index contributed by atoms with van der Waals surface area (Å²) in [5, 5.41) is 2.91. The molecule has 1 aromatic heterocycles. The Hall–Kier alpha value is -2.36. The van der Waals surface area contributed by atoms with Crippen molar-refractivity contribution in [3.63, 3.8) is 0 Å². The summed E-state index contributed by atoms with van der Waals surface area (Å²) in [5.41, 5.74) is 2.75. The monoisotopic (exact) mass is 284 g/mol. The van der Waals surface area contributed by atoms with Gasteiger partial charge in [0.05, 0.1) is 7.11 Å². The van der Waals surface area contributed by atoms with Crippen LogP contribution in [0.1, 0.15) is 35.0 Å². The van der Waals surface area contributed by atoms with Crippen molar-refractivity contribution in [1.29, 1.82) is 0 Å². The van der Waals surface area contributed by atoms with Crippen LogP contribution in [0.3, 0.4) is 0 Å². The second-order valence-electron chi connectivity index (χ2n) is 4.78. The van der Waals surface area contributed by atoms with Gasteiger partial charge in [-0.2, -0.15) is 0 Å². The number of pyridine rings is 1. The molecule has 4 heteroatoms. The lowest BCUT2D eigenvalue weighted by atomic mass is 10.0. The molecule has 110 valence electrons. The third-order valence-corrected chi connectivity index (χ3v) is 3.27. The second-order valence-corrected chi connectivity index (χ2v) is 4.78. The van der Waals surface area contributed by atoms with E-state index in [1.807, 2.05) is 12.1 Å². The van der Waals surface area contributed by atoms with E-state index in [2.05, 4.69) is 23.3 Å². The predicted octanol–water partition coefficient (Wildman–Crippen LogP) is 2.97. The summed E-state index contributed by atoms with van der Waals surface area (Å²) in [6, 6.07) is 11.3. The van der Waals surface area contributed by atoms with Gasteiger partial charge in [-0.3, -0.25) is 9.78 Å². The van der Waals surface area contributed by atoms with Crippen molar-refractivity contribution in [2.75, 3.05) is 7.11 Å². The first-order chi connectivity index (χ1) is 10.2. The minimum absolute atomic E-state index is 0.166. The molecule has 0 unspecified atom stereocenters. The van der Waals surface area contributed by atoms with Crippen LogP contribution in [0.5, 0.6) is 5.75 Å². The lowest BCUT2D eigenvalue weighted by Gasteiger charge is -2.12. The van der Waals surface area contributed by atoms with Crippen LogP contribution in [0.2, 0.25) is 0 Å². The topological polar surface area (TPSA) is 51.2 Å². The lowest BCUT2D eigenvalue weighted by molar-refractivity contribution is 0.0946. The predicted molar refractivity (Wildman–Crippen MR) is 82.4 cm³/mol. The molecule has 2 rings (SSSR count). The molecule has 2 aromatic rings. The van der Waals surface area contributed by atoms with Gasteiger partial charge in [-0.05, 0) is 41.8 Å². The third kappa shape index (κ3) is 4.05. The molecule has 0 aliphatic rings. The number of aromatic nitrogens is 1. The number of methoxy groups -OCH3 is 1. The number of hydrogen-bond acceptors (Lipinski definition) is 3. The first-order valence-corrected chi connectivity index (χ1v) is 7.09. The van der Waals surface area contributed by atoms with Gasteiger partial charge in [-0.1, -0.05) is 25.5 Å². The van der Waals surface area contributed by atoms with E-state index >= 15 is 0 Å². The summed E-state index contributed by atoms with van der Waals surface area (Å²) >= 11 is 0. The fourth-order valence-electron chi connectivity index (χ4n) is 2.17. The highest BCUT2D eigenvalue weighted by Gasteiger charge is 2.08. The van der Waals surface area contributed by atoms with Crippen molar-refractivity contribution in [1.82, 2.24) is 10.3 Å². The molecule has 1 aromatic carbocycles. The Bertz CT molecular complexity index is 597. The first kappa shape index (κ1) is 15.0. The van der Waals surface area contributed by atoms with E-state index < -0.39 is 0 Å². The van der Waals surface area contributed by atoms with Crippen LogP contribution in [0.25, 0.3) is 0 Å². The molecule has 1 heterocycles. The number of benzene rings is 1. The smallest absolute Gasteiger partial charge is 0.270 e. The van der Waals surface area contributed by atoms with Gasteiger partial charge in [0, 0.05) is 12.7 Å². The minimum atomic E-state index is -0.166. The molecule has 1 amide bonds. The number of hydrogen-bond donors (Lipinski definition) is 1. The number of nitrogens with one attached hydrogen (secondary N) is 1. The van der Waals surface area contributed by atoms with E-state index in [1.165, 1.54) is 5.56 Å². The van der Waals surface area contributed by atoms with Crippen LogP contribution in [0.15, 0.2) is 42.6 Å². The fourth-order valence-corrected chi connectivity index (χ4v) is 2.17. The number of nitrogens with zero attached hydrogens (tertiary/aromatic N) is 1. The van der Waals surface area contributed by atoms with Crippen LogP contribution in [0.4, 0.5) is 0 Å². The fraction of sp³-hybridized carbons (Fsp3) is 0.294. The molecule has 0 radical (unpaired) electrons. The SMILES string of the molecule is CCCc1ccc(OC)cc1CNC(=O)c1ccccn1. The van der Waals surface area contributed by atoms with Gasteiger partial charge in [0.1, 0.15) is 11.4 Å². The van der Waals surface area contributed by atoms with Crippen molar-refractivity contribution in [2.24, 2.45) is 0 Å². The largest absolute Gasteiger partial charge is 0.497 e. The summed E-state index contributed by atoms with van der Waals surface area (Å²) in [6.45, 7) is 2.61. The molecule has 0 saturated heterocycles. The molecule has 0 aliphatic carbocycles. The number of carbonyl (C=O) groups is 1. The summed E-state index contributed by atoms with van der Waals surface area (Å²) in [5.74, 6) is 0.637. The van der Waals surface area contributed by atoms with E-state index in [9.17, 15) is 4.79 Å². The molecule has 0 fully saturated rings. The first-order valence-electron chi connectivity index (χ1n) is 7.09. The Labute approximate surface area is 125 Å².